The van der Waals surface area contributed by atoms with Gasteiger partial charge in [-0.1, -0.05) is 43.5 Å². The van der Waals surface area contributed by atoms with Crippen molar-refractivity contribution in [3.63, 3.8) is 0 Å². The molecule has 0 saturated heterocycles. The molecule has 19 heavy (non-hydrogen) atoms. The van der Waals surface area contributed by atoms with Crippen molar-refractivity contribution in [3.05, 3.63) is 36.5 Å². The Morgan fingerprint density at radius 1 is 1.11 bits per heavy atom. The number of carbonyl (C=O) groups excluding carboxylic acids is 1. The lowest BCUT2D eigenvalue weighted by molar-refractivity contribution is -0.120. The van der Waals surface area contributed by atoms with Crippen molar-refractivity contribution in [1.82, 2.24) is 4.98 Å². The summed E-state index contributed by atoms with van der Waals surface area (Å²) in [5.41, 5.74) is 0. The van der Waals surface area contributed by atoms with E-state index in [2.05, 4.69) is 10.3 Å². The predicted octanol–water partition coefficient (Wildman–Crippen LogP) is 3.75. The number of fused-ring (bicyclic) bond motifs is 1. The summed E-state index contributed by atoms with van der Waals surface area (Å²) in [5, 5.41) is 5.12. The number of nitrogens with zero attached hydrogens (tertiary/aromatic N) is 1. The van der Waals surface area contributed by atoms with Crippen molar-refractivity contribution < 1.29 is 4.79 Å². The van der Waals surface area contributed by atoms with Crippen LogP contribution in [0.4, 0.5) is 5.82 Å². The maximum absolute atomic E-state index is 12.3. The molecule has 3 heteroatoms. The monoisotopic (exact) mass is 254 g/mol. The molecule has 2 aromatic rings. The zero-order chi connectivity index (χ0) is 13.1. The number of hydrogen-bond acceptors (Lipinski definition) is 2. The molecule has 3 rings (SSSR count). The van der Waals surface area contributed by atoms with Crippen LogP contribution in [0.3, 0.4) is 0 Å². The smallest absolute Gasteiger partial charge is 0.228 e. The van der Waals surface area contributed by atoms with Crippen LogP contribution >= 0.6 is 0 Å². The van der Waals surface area contributed by atoms with Crippen molar-refractivity contribution in [3.8, 4) is 0 Å². The highest BCUT2D eigenvalue weighted by molar-refractivity contribution is 6.01. The largest absolute Gasteiger partial charge is 0.310 e. The lowest BCUT2D eigenvalue weighted by Gasteiger charge is -2.20. The topological polar surface area (TPSA) is 42.0 Å². The Balaban J connectivity index is 1.82. The summed E-state index contributed by atoms with van der Waals surface area (Å²) < 4.78 is 0. The Morgan fingerprint density at radius 3 is 2.74 bits per heavy atom. The number of anilines is 1. The molecule has 0 unspecified atom stereocenters. The first-order valence-corrected chi connectivity index (χ1v) is 6.99. The number of pyridine rings is 1. The van der Waals surface area contributed by atoms with Crippen molar-refractivity contribution >= 4 is 22.5 Å². The van der Waals surface area contributed by atoms with E-state index < -0.39 is 0 Å². The second-order valence-electron chi connectivity index (χ2n) is 5.20. The minimum Gasteiger partial charge on any atom is -0.310 e. The summed E-state index contributed by atoms with van der Waals surface area (Å²) in [6.45, 7) is 0. The Hall–Kier alpha value is -1.90. The third-order valence-corrected chi connectivity index (χ3v) is 3.89. The number of benzene rings is 1. The number of carbonyl (C=O) groups is 1. The molecule has 0 spiro atoms. The molecule has 0 bridgehead atoms. The summed E-state index contributed by atoms with van der Waals surface area (Å²) in [6, 6.07) is 9.97. The van der Waals surface area contributed by atoms with Crippen LogP contribution < -0.4 is 5.32 Å². The van der Waals surface area contributed by atoms with Crippen LogP contribution in [0.1, 0.15) is 32.1 Å². The van der Waals surface area contributed by atoms with Crippen LogP contribution in [-0.4, -0.2) is 10.9 Å². The average molecular weight is 254 g/mol. The van der Waals surface area contributed by atoms with Gasteiger partial charge in [-0.05, 0) is 24.3 Å². The summed E-state index contributed by atoms with van der Waals surface area (Å²) >= 11 is 0. The number of nitrogens with one attached hydrogen (secondary N) is 1. The molecule has 1 N–H and O–H groups in total. The normalized spacial score (nSPS) is 16.4. The van der Waals surface area contributed by atoms with Crippen molar-refractivity contribution in [2.24, 2.45) is 5.92 Å². The van der Waals surface area contributed by atoms with Crippen LogP contribution in [-0.2, 0) is 4.79 Å². The number of rotatable bonds is 2. The maximum Gasteiger partial charge on any atom is 0.228 e. The van der Waals surface area contributed by atoms with E-state index in [-0.39, 0.29) is 11.8 Å². The third-order valence-electron chi connectivity index (χ3n) is 3.89. The molecular formula is C16H18N2O. The molecule has 1 fully saturated rings. The van der Waals surface area contributed by atoms with E-state index in [0.717, 1.165) is 23.6 Å². The molecule has 1 amide bonds. The van der Waals surface area contributed by atoms with E-state index >= 15 is 0 Å². The van der Waals surface area contributed by atoms with Crippen molar-refractivity contribution in [2.75, 3.05) is 5.32 Å². The first-order valence-electron chi connectivity index (χ1n) is 6.99. The first-order chi connectivity index (χ1) is 9.34. The van der Waals surface area contributed by atoms with Gasteiger partial charge in [-0.25, -0.2) is 4.98 Å². The summed E-state index contributed by atoms with van der Waals surface area (Å²) in [6.07, 6.45) is 7.37. The van der Waals surface area contributed by atoms with Gasteiger partial charge in [0.05, 0.1) is 0 Å². The van der Waals surface area contributed by atoms with Gasteiger partial charge in [0.15, 0.2) is 0 Å². The highest BCUT2D eigenvalue weighted by atomic mass is 16.1. The number of amides is 1. The Labute approximate surface area is 113 Å². The highest BCUT2D eigenvalue weighted by Gasteiger charge is 2.21. The fraction of sp³-hybridized carbons (Fsp3) is 0.375. The second kappa shape index (κ2) is 5.39. The number of aromatic nitrogens is 1. The molecule has 0 aliphatic heterocycles. The van der Waals surface area contributed by atoms with Crippen LogP contribution in [0.15, 0.2) is 36.5 Å². The van der Waals surface area contributed by atoms with Gasteiger partial charge in [-0.3, -0.25) is 4.79 Å². The van der Waals surface area contributed by atoms with Crippen molar-refractivity contribution in [2.45, 2.75) is 32.1 Å². The summed E-state index contributed by atoms with van der Waals surface area (Å²) in [5.74, 6) is 0.978. The van der Waals surface area contributed by atoms with Crippen molar-refractivity contribution in [1.29, 1.82) is 0 Å². The molecule has 1 aliphatic carbocycles. The molecule has 0 radical (unpaired) electrons. The van der Waals surface area contributed by atoms with Gasteiger partial charge < -0.3 is 5.32 Å². The van der Waals surface area contributed by atoms with Gasteiger partial charge in [-0.2, -0.15) is 0 Å². The highest BCUT2D eigenvalue weighted by Crippen LogP contribution is 2.26. The molecule has 98 valence electrons. The van der Waals surface area contributed by atoms with Gasteiger partial charge in [0.25, 0.3) is 0 Å². The molecule has 1 heterocycles. The second-order valence-corrected chi connectivity index (χ2v) is 5.20. The van der Waals surface area contributed by atoms with Crippen LogP contribution in [0, 0.1) is 5.92 Å². The van der Waals surface area contributed by atoms with Gasteiger partial charge in [0.1, 0.15) is 5.82 Å². The van der Waals surface area contributed by atoms with E-state index in [1.54, 1.807) is 6.20 Å². The lowest BCUT2D eigenvalue weighted by Crippen LogP contribution is -2.25. The summed E-state index contributed by atoms with van der Waals surface area (Å²) in [7, 11) is 0. The molecular weight excluding hydrogens is 236 g/mol. The fourth-order valence-corrected chi connectivity index (χ4v) is 2.80. The molecule has 1 aliphatic rings. The van der Waals surface area contributed by atoms with Crippen LogP contribution in [0.25, 0.3) is 10.8 Å². The predicted molar refractivity (Wildman–Crippen MR) is 76.9 cm³/mol. The molecule has 3 nitrogen and oxygen atoms in total. The number of hydrogen-bond donors (Lipinski definition) is 1. The zero-order valence-electron chi connectivity index (χ0n) is 10.9. The SMILES string of the molecule is O=C(Nc1nccc2ccccc12)C1CCCCC1. The third kappa shape index (κ3) is 2.60. The first kappa shape index (κ1) is 12.2. The van der Waals surface area contributed by atoms with Gasteiger partial charge >= 0.3 is 0 Å². The van der Waals surface area contributed by atoms with Gasteiger partial charge in [0.2, 0.25) is 5.91 Å². The quantitative estimate of drug-likeness (QED) is 0.886. The standard InChI is InChI=1S/C16H18N2O/c19-16(13-7-2-1-3-8-13)18-15-14-9-5-4-6-12(14)10-11-17-15/h4-6,9-11,13H,1-3,7-8H2,(H,17,18,19). The average Bonchev–Trinajstić information content (AvgIpc) is 2.48. The maximum atomic E-state index is 12.3. The Bertz CT molecular complexity index is 583. The van der Waals surface area contributed by atoms with E-state index in [9.17, 15) is 4.79 Å². The molecule has 1 aromatic carbocycles. The van der Waals surface area contributed by atoms with Gasteiger partial charge in [-0.15, -0.1) is 0 Å². The van der Waals surface area contributed by atoms with E-state index in [1.165, 1.54) is 19.3 Å². The zero-order valence-corrected chi connectivity index (χ0v) is 10.9. The molecule has 1 aromatic heterocycles. The Kier molecular flexibility index (Phi) is 3.45. The van der Waals surface area contributed by atoms with Gasteiger partial charge in [0, 0.05) is 17.5 Å². The lowest BCUT2D eigenvalue weighted by atomic mass is 9.88. The van der Waals surface area contributed by atoms with E-state index in [0.29, 0.717) is 5.82 Å². The fourth-order valence-electron chi connectivity index (χ4n) is 2.80. The van der Waals surface area contributed by atoms with Crippen LogP contribution in [0.2, 0.25) is 0 Å². The van der Waals surface area contributed by atoms with Crippen LogP contribution in [0.5, 0.6) is 0 Å². The van der Waals surface area contributed by atoms with E-state index in [1.807, 2.05) is 30.3 Å². The minimum absolute atomic E-state index is 0.128. The Morgan fingerprint density at radius 2 is 1.89 bits per heavy atom. The molecule has 1 saturated carbocycles. The summed E-state index contributed by atoms with van der Waals surface area (Å²) in [4.78, 5) is 16.6. The minimum atomic E-state index is 0.128. The van der Waals surface area contributed by atoms with E-state index in [4.69, 9.17) is 0 Å². The molecule has 0 atom stereocenters.